The van der Waals surface area contributed by atoms with Crippen LogP contribution in [-0.2, 0) is 4.74 Å². The number of nitrogens with one attached hydrogen (secondary N) is 1. The van der Waals surface area contributed by atoms with Crippen LogP contribution in [0.3, 0.4) is 0 Å². The van der Waals surface area contributed by atoms with Crippen LogP contribution in [0.25, 0.3) is 0 Å². The zero-order valence-corrected chi connectivity index (χ0v) is 12.0. The van der Waals surface area contributed by atoms with E-state index in [2.05, 4.69) is 26.0 Å². The molecular formula is C10H9BrCl2F3NO. The predicted molar refractivity (Wildman–Crippen MR) is 69.5 cm³/mol. The van der Waals surface area contributed by atoms with Crippen LogP contribution in [0.5, 0.6) is 0 Å². The molecule has 1 N–H and O–H groups in total. The number of hydrogen-bond acceptors (Lipinski definition) is 2. The summed E-state index contributed by atoms with van der Waals surface area (Å²) in [5, 5.41) is 3.49. The van der Waals surface area contributed by atoms with E-state index in [9.17, 15) is 13.2 Å². The number of ether oxygens (including phenoxy) is 1. The highest BCUT2D eigenvalue weighted by Crippen LogP contribution is 2.35. The summed E-state index contributed by atoms with van der Waals surface area (Å²) in [6.07, 6.45) is -4.31. The molecule has 0 saturated carbocycles. The maximum Gasteiger partial charge on any atom is 0.411 e. The molecule has 0 heterocycles. The highest BCUT2D eigenvalue weighted by atomic mass is 79.9. The molecule has 0 fully saturated rings. The van der Waals surface area contributed by atoms with Gasteiger partial charge in [-0.05, 0) is 28.1 Å². The molecule has 0 bridgehead atoms. The van der Waals surface area contributed by atoms with Gasteiger partial charge in [0, 0.05) is 11.0 Å². The fourth-order valence-corrected chi connectivity index (χ4v) is 1.95. The first-order chi connectivity index (χ1) is 8.31. The summed E-state index contributed by atoms with van der Waals surface area (Å²) in [5.74, 6) is 0. The summed E-state index contributed by atoms with van der Waals surface area (Å²) in [6.45, 7) is -1.14. The van der Waals surface area contributed by atoms with Crippen molar-refractivity contribution in [2.24, 2.45) is 0 Å². The van der Waals surface area contributed by atoms with E-state index in [1.165, 1.54) is 0 Å². The van der Waals surface area contributed by atoms with E-state index in [0.717, 1.165) is 0 Å². The van der Waals surface area contributed by atoms with E-state index in [1.54, 1.807) is 12.1 Å². The number of halogens is 6. The van der Waals surface area contributed by atoms with Gasteiger partial charge in [0.25, 0.3) is 0 Å². The van der Waals surface area contributed by atoms with E-state index in [4.69, 9.17) is 23.2 Å². The fourth-order valence-electron chi connectivity index (χ4n) is 1.11. The summed E-state index contributed by atoms with van der Waals surface area (Å²) in [7, 11) is 0. The van der Waals surface area contributed by atoms with Crippen LogP contribution in [0, 0.1) is 0 Å². The van der Waals surface area contributed by atoms with Gasteiger partial charge in [0.15, 0.2) is 0 Å². The third-order valence-corrected chi connectivity index (χ3v) is 3.63. The van der Waals surface area contributed by atoms with Crippen molar-refractivity contribution in [2.75, 3.05) is 25.1 Å². The number of hydrogen-bond donors (Lipinski definition) is 1. The van der Waals surface area contributed by atoms with E-state index < -0.39 is 12.8 Å². The first-order valence-corrected chi connectivity index (χ1v) is 6.38. The smallest absolute Gasteiger partial charge is 0.381 e. The van der Waals surface area contributed by atoms with E-state index in [-0.39, 0.29) is 13.2 Å². The average Bonchev–Trinajstić information content (AvgIpc) is 2.27. The topological polar surface area (TPSA) is 21.3 Å². The largest absolute Gasteiger partial charge is 0.411 e. The van der Waals surface area contributed by atoms with Crippen LogP contribution in [0.1, 0.15) is 0 Å². The highest BCUT2D eigenvalue weighted by molar-refractivity contribution is 9.10. The van der Waals surface area contributed by atoms with Crippen molar-refractivity contribution in [3.63, 3.8) is 0 Å². The number of benzene rings is 1. The molecule has 2 nitrogen and oxygen atoms in total. The second-order valence-corrected chi connectivity index (χ2v) is 4.93. The van der Waals surface area contributed by atoms with Gasteiger partial charge in [-0.2, -0.15) is 13.2 Å². The summed E-state index contributed by atoms with van der Waals surface area (Å²) < 4.78 is 40.4. The predicted octanol–water partition coefficient (Wildman–Crippen LogP) is 4.75. The Kier molecular flexibility index (Phi) is 6.04. The maximum absolute atomic E-state index is 11.8. The second kappa shape index (κ2) is 6.84. The second-order valence-electron chi connectivity index (χ2n) is 3.32. The molecule has 0 aliphatic heterocycles. The zero-order valence-electron chi connectivity index (χ0n) is 8.95. The Morgan fingerprint density at radius 3 is 2.50 bits per heavy atom. The van der Waals surface area contributed by atoms with Gasteiger partial charge in [-0.25, -0.2) is 0 Å². The van der Waals surface area contributed by atoms with Gasteiger partial charge in [-0.1, -0.05) is 23.2 Å². The quantitative estimate of drug-likeness (QED) is 0.600. The monoisotopic (exact) mass is 365 g/mol. The van der Waals surface area contributed by atoms with Gasteiger partial charge in [-0.3, -0.25) is 0 Å². The van der Waals surface area contributed by atoms with Crippen LogP contribution in [-0.4, -0.2) is 25.9 Å². The molecular weight excluding hydrogens is 358 g/mol. The zero-order chi connectivity index (χ0) is 13.8. The molecule has 8 heteroatoms. The van der Waals surface area contributed by atoms with Crippen molar-refractivity contribution in [2.45, 2.75) is 6.18 Å². The number of anilines is 1. The minimum Gasteiger partial charge on any atom is -0.381 e. The summed E-state index contributed by atoms with van der Waals surface area (Å²) in [5.41, 5.74) is 0.542. The molecule has 102 valence electrons. The molecule has 0 aromatic heterocycles. The standard InChI is InChI=1S/C10H9BrCl2F3NO/c11-6-1-2-7(9(13)8(6)12)17-3-4-18-5-10(14,15)16/h1-2,17H,3-5H2. The maximum atomic E-state index is 11.8. The molecule has 18 heavy (non-hydrogen) atoms. The van der Waals surface area contributed by atoms with E-state index in [1.807, 2.05) is 0 Å². The van der Waals surface area contributed by atoms with Gasteiger partial charge < -0.3 is 10.1 Å². The lowest BCUT2D eigenvalue weighted by Gasteiger charge is -2.11. The van der Waals surface area contributed by atoms with Gasteiger partial charge >= 0.3 is 6.18 Å². The molecule has 0 unspecified atom stereocenters. The third-order valence-electron chi connectivity index (χ3n) is 1.86. The molecule has 0 spiro atoms. The van der Waals surface area contributed by atoms with Gasteiger partial charge in [0.05, 0.1) is 22.3 Å². The molecule has 0 aliphatic rings. The Labute approximate surface area is 121 Å². The molecule has 1 aromatic carbocycles. The SMILES string of the molecule is FC(F)(F)COCCNc1ccc(Br)c(Cl)c1Cl. The molecule has 0 radical (unpaired) electrons. The third kappa shape index (κ3) is 5.22. The summed E-state index contributed by atoms with van der Waals surface area (Å²) >= 11 is 15.0. The molecule has 0 amide bonds. The Hall–Kier alpha value is -0.170. The van der Waals surface area contributed by atoms with Gasteiger partial charge in [0.1, 0.15) is 6.61 Å². The minimum atomic E-state index is -4.31. The van der Waals surface area contributed by atoms with Gasteiger partial charge in [0.2, 0.25) is 0 Å². The average molecular weight is 367 g/mol. The van der Waals surface area contributed by atoms with Crippen LogP contribution >= 0.6 is 39.1 Å². The van der Waals surface area contributed by atoms with Crippen molar-refractivity contribution in [3.8, 4) is 0 Å². The Balaban J connectivity index is 2.39. The Bertz CT molecular complexity index is 415. The summed E-state index contributed by atoms with van der Waals surface area (Å²) in [4.78, 5) is 0. The lowest BCUT2D eigenvalue weighted by molar-refractivity contribution is -0.172. The van der Waals surface area contributed by atoms with Crippen molar-refractivity contribution < 1.29 is 17.9 Å². The highest BCUT2D eigenvalue weighted by Gasteiger charge is 2.27. The van der Waals surface area contributed by atoms with E-state index in [0.29, 0.717) is 20.2 Å². The lowest BCUT2D eigenvalue weighted by Crippen LogP contribution is -2.20. The van der Waals surface area contributed by atoms with Crippen molar-refractivity contribution >= 4 is 44.8 Å². The fraction of sp³-hybridized carbons (Fsp3) is 0.400. The number of rotatable bonds is 5. The first kappa shape index (κ1) is 15.9. The van der Waals surface area contributed by atoms with Gasteiger partial charge in [-0.15, -0.1) is 0 Å². The molecule has 0 saturated heterocycles. The molecule has 1 aromatic rings. The Morgan fingerprint density at radius 2 is 1.89 bits per heavy atom. The molecule has 0 atom stereocenters. The lowest BCUT2D eigenvalue weighted by atomic mass is 10.3. The van der Waals surface area contributed by atoms with Crippen molar-refractivity contribution in [1.82, 2.24) is 0 Å². The van der Waals surface area contributed by atoms with Crippen LogP contribution in [0.4, 0.5) is 18.9 Å². The van der Waals surface area contributed by atoms with Crippen molar-refractivity contribution in [1.29, 1.82) is 0 Å². The summed E-state index contributed by atoms with van der Waals surface area (Å²) in [6, 6.07) is 3.36. The van der Waals surface area contributed by atoms with Crippen molar-refractivity contribution in [3.05, 3.63) is 26.7 Å². The molecule has 0 aliphatic carbocycles. The first-order valence-electron chi connectivity index (χ1n) is 4.83. The minimum absolute atomic E-state index is 0.0798. The normalized spacial score (nSPS) is 11.7. The molecule has 1 rings (SSSR count). The number of alkyl halides is 3. The van der Waals surface area contributed by atoms with Crippen LogP contribution < -0.4 is 5.32 Å². The van der Waals surface area contributed by atoms with E-state index >= 15 is 0 Å². The Morgan fingerprint density at radius 1 is 1.22 bits per heavy atom. The van der Waals surface area contributed by atoms with Crippen LogP contribution in [0.2, 0.25) is 10.0 Å². The van der Waals surface area contributed by atoms with Crippen LogP contribution in [0.15, 0.2) is 16.6 Å².